The lowest BCUT2D eigenvalue weighted by molar-refractivity contribution is 0.533. The molecule has 0 saturated carbocycles. The molecule has 0 bridgehead atoms. The Morgan fingerprint density at radius 2 is 1.88 bits per heavy atom. The first-order chi connectivity index (χ1) is 7.47. The second-order valence-corrected chi connectivity index (χ2v) is 4.40. The lowest BCUT2D eigenvalue weighted by atomic mass is 10.0. The van der Waals surface area contributed by atoms with E-state index in [1.54, 1.807) is 12.1 Å². The third-order valence-electron chi connectivity index (χ3n) is 2.41. The summed E-state index contributed by atoms with van der Waals surface area (Å²) in [4.78, 5) is 0. The van der Waals surface area contributed by atoms with E-state index in [4.69, 9.17) is 5.73 Å². The Morgan fingerprint density at radius 1 is 1.25 bits per heavy atom. The first kappa shape index (κ1) is 10.8. The van der Waals surface area contributed by atoms with E-state index in [1.165, 1.54) is 12.1 Å². The normalized spacial score (nSPS) is 11.8. The maximum atomic E-state index is 12.7. The Hall–Kier alpha value is -1.68. The highest BCUT2D eigenvalue weighted by Gasteiger charge is 2.17. The van der Waals surface area contributed by atoms with Crippen molar-refractivity contribution >= 4 is 0 Å². The molecular formula is C12H14FN3. The maximum absolute atomic E-state index is 12.7. The van der Waals surface area contributed by atoms with Gasteiger partial charge in [-0.3, -0.25) is 5.10 Å². The van der Waals surface area contributed by atoms with Crippen molar-refractivity contribution in [3.8, 4) is 11.3 Å². The molecule has 0 amide bonds. The summed E-state index contributed by atoms with van der Waals surface area (Å²) >= 11 is 0. The molecule has 0 unspecified atom stereocenters. The molecule has 0 spiro atoms. The van der Waals surface area contributed by atoms with Crippen molar-refractivity contribution in [2.24, 2.45) is 5.73 Å². The molecule has 84 valence electrons. The maximum Gasteiger partial charge on any atom is 0.123 e. The standard InChI is InChI=1S/C12H14FN3/c1-12(2,14)11-7-10(15-16-11)8-3-5-9(13)6-4-8/h3-7H,14H2,1-2H3,(H,15,16). The van der Waals surface area contributed by atoms with Crippen LogP contribution in [0.3, 0.4) is 0 Å². The van der Waals surface area contributed by atoms with Crippen LogP contribution in [0.2, 0.25) is 0 Å². The van der Waals surface area contributed by atoms with Crippen molar-refractivity contribution in [3.63, 3.8) is 0 Å². The van der Waals surface area contributed by atoms with E-state index < -0.39 is 5.54 Å². The van der Waals surface area contributed by atoms with Crippen molar-refractivity contribution in [1.82, 2.24) is 10.2 Å². The van der Waals surface area contributed by atoms with Gasteiger partial charge in [0, 0.05) is 5.56 Å². The van der Waals surface area contributed by atoms with Crippen LogP contribution in [0.25, 0.3) is 11.3 Å². The molecular weight excluding hydrogens is 205 g/mol. The largest absolute Gasteiger partial charge is 0.321 e. The van der Waals surface area contributed by atoms with Gasteiger partial charge >= 0.3 is 0 Å². The van der Waals surface area contributed by atoms with E-state index in [9.17, 15) is 4.39 Å². The zero-order valence-electron chi connectivity index (χ0n) is 9.29. The van der Waals surface area contributed by atoms with Gasteiger partial charge in [0.2, 0.25) is 0 Å². The molecule has 3 N–H and O–H groups in total. The zero-order valence-corrected chi connectivity index (χ0v) is 9.29. The molecule has 3 nitrogen and oxygen atoms in total. The van der Waals surface area contributed by atoms with E-state index >= 15 is 0 Å². The summed E-state index contributed by atoms with van der Waals surface area (Å²) in [5.74, 6) is -0.251. The van der Waals surface area contributed by atoms with Gasteiger partial charge in [0.05, 0.1) is 16.9 Å². The summed E-state index contributed by atoms with van der Waals surface area (Å²) in [6, 6.07) is 8.10. The third-order valence-corrected chi connectivity index (χ3v) is 2.41. The molecule has 16 heavy (non-hydrogen) atoms. The van der Waals surface area contributed by atoms with Crippen LogP contribution in [0, 0.1) is 5.82 Å². The summed E-state index contributed by atoms with van der Waals surface area (Å²) in [6.45, 7) is 3.80. The fraction of sp³-hybridized carbons (Fsp3) is 0.250. The van der Waals surface area contributed by atoms with E-state index in [0.29, 0.717) is 0 Å². The van der Waals surface area contributed by atoms with Crippen LogP contribution in [-0.2, 0) is 5.54 Å². The first-order valence-corrected chi connectivity index (χ1v) is 5.07. The average Bonchev–Trinajstić information content (AvgIpc) is 2.67. The predicted octanol–water partition coefficient (Wildman–Crippen LogP) is 2.41. The van der Waals surface area contributed by atoms with E-state index in [2.05, 4.69) is 10.2 Å². The summed E-state index contributed by atoms with van der Waals surface area (Å²) < 4.78 is 12.7. The molecule has 0 aliphatic carbocycles. The molecule has 0 atom stereocenters. The predicted molar refractivity (Wildman–Crippen MR) is 61.2 cm³/mol. The summed E-state index contributed by atoms with van der Waals surface area (Å²) in [5, 5.41) is 7.05. The zero-order chi connectivity index (χ0) is 11.8. The van der Waals surface area contributed by atoms with Gasteiger partial charge in [-0.05, 0) is 44.2 Å². The van der Waals surface area contributed by atoms with Crippen molar-refractivity contribution in [1.29, 1.82) is 0 Å². The molecule has 0 aliphatic rings. The van der Waals surface area contributed by atoms with Gasteiger partial charge < -0.3 is 5.73 Å². The Balaban J connectivity index is 2.35. The van der Waals surface area contributed by atoms with Crippen LogP contribution < -0.4 is 5.73 Å². The number of nitrogens with two attached hydrogens (primary N) is 1. The molecule has 0 aliphatic heterocycles. The van der Waals surface area contributed by atoms with Crippen LogP contribution in [0.4, 0.5) is 4.39 Å². The van der Waals surface area contributed by atoms with Gasteiger partial charge in [0.15, 0.2) is 0 Å². The number of aromatic amines is 1. The molecule has 1 aromatic heterocycles. The minimum atomic E-state index is -0.453. The van der Waals surface area contributed by atoms with E-state index in [1.807, 2.05) is 19.9 Å². The van der Waals surface area contributed by atoms with Crippen LogP contribution in [-0.4, -0.2) is 10.2 Å². The highest BCUT2D eigenvalue weighted by Crippen LogP contribution is 2.22. The molecule has 1 aromatic carbocycles. The topological polar surface area (TPSA) is 54.7 Å². The number of hydrogen-bond donors (Lipinski definition) is 2. The summed E-state index contributed by atoms with van der Waals surface area (Å²) in [6.07, 6.45) is 0. The summed E-state index contributed by atoms with van der Waals surface area (Å²) in [5.41, 5.74) is 7.98. The lowest BCUT2D eigenvalue weighted by Crippen LogP contribution is -2.28. The molecule has 0 radical (unpaired) electrons. The molecule has 0 saturated heterocycles. The quantitative estimate of drug-likeness (QED) is 0.814. The van der Waals surface area contributed by atoms with Crippen molar-refractivity contribution in [3.05, 3.63) is 41.8 Å². The fourth-order valence-corrected chi connectivity index (χ4v) is 1.42. The number of halogens is 1. The van der Waals surface area contributed by atoms with Gasteiger partial charge in [-0.15, -0.1) is 0 Å². The van der Waals surface area contributed by atoms with Gasteiger partial charge in [0.25, 0.3) is 0 Å². The molecule has 0 fully saturated rings. The second-order valence-electron chi connectivity index (χ2n) is 4.40. The molecule has 1 heterocycles. The number of rotatable bonds is 2. The lowest BCUT2D eigenvalue weighted by Gasteiger charge is -2.14. The van der Waals surface area contributed by atoms with Crippen molar-refractivity contribution < 1.29 is 4.39 Å². The minimum absolute atomic E-state index is 0.251. The van der Waals surface area contributed by atoms with Crippen LogP contribution in [0.15, 0.2) is 30.3 Å². The average molecular weight is 219 g/mol. The van der Waals surface area contributed by atoms with Gasteiger partial charge in [-0.1, -0.05) is 0 Å². The number of nitrogens with one attached hydrogen (secondary N) is 1. The third kappa shape index (κ3) is 2.12. The highest BCUT2D eigenvalue weighted by molar-refractivity contribution is 5.59. The Labute approximate surface area is 93.5 Å². The minimum Gasteiger partial charge on any atom is -0.321 e. The number of aromatic nitrogens is 2. The summed E-state index contributed by atoms with van der Waals surface area (Å²) in [7, 11) is 0. The molecule has 4 heteroatoms. The van der Waals surface area contributed by atoms with Crippen molar-refractivity contribution in [2.45, 2.75) is 19.4 Å². The van der Waals surface area contributed by atoms with Gasteiger partial charge in [-0.2, -0.15) is 5.10 Å². The molecule has 2 rings (SSSR count). The Kier molecular flexibility index (Phi) is 2.52. The van der Waals surface area contributed by atoms with Crippen LogP contribution >= 0.6 is 0 Å². The van der Waals surface area contributed by atoms with Gasteiger partial charge in [-0.25, -0.2) is 4.39 Å². The monoisotopic (exact) mass is 219 g/mol. The molecule has 2 aromatic rings. The number of H-pyrrole nitrogens is 1. The number of nitrogens with zero attached hydrogens (tertiary/aromatic N) is 1. The first-order valence-electron chi connectivity index (χ1n) is 5.07. The highest BCUT2D eigenvalue weighted by atomic mass is 19.1. The Morgan fingerprint density at radius 3 is 2.38 bits per heavy atom. The van der Waals surface area contributed by atoms with E-state index in [0.717, 1.165) is 17.0 Å². The van der Waals surface area contributed by atoms with Gasteiger partial charge in [0.1, 0.15) is 5.82 Å². The van der Waals surface area contributed by atoms with Crippen LogP contribution in [0.1, 0.15) is 19.5 Å². The SMILES string of the molecule is CC(C)(N)c1cc(-c2ccc(F)cc2)n[nH]1. The number of hydrogen-bond acceptors (Lipinski definition) is 2. The smallest absolute Gasteiger partial charge is 0.123 e. The number of benzene rings is 1. The van der Waals surface area contributed by atoms with E-state index in [-0.39, 0.29) is 5.82 Å². The second kappa shape index (κ2) is 3.72. The van der Waals surface area contributed by atoms with Crippen LogP contribution in [0.5, 0.6) is 0 Å². The Bertz CT molecular complexity index is 480. The van der Waals surface area contributed by atoms with Crippen molar-refractivity contribution in [2.75, 3.05) is 0 Å². The fourth-order valence-electron chi connectivity index (χ4n) is 1.42.